The van der Waals surface area contributed by atoms with E-state index in [1.165, 1.54) is 0 Å². The number of rotatable bonds is 1. The van der Waals surface area contributed by atoms with Crippen LogP contribution in [0.3, 0.4) is 0 Å². The maximum Gasteiger partial charge on any atom is 0.0246 e. The van der Waals surface area contributed by atoms with E-state index in [0.29, 0.717) is 0 Å². The summed E-state index contributed by atoms with van der Waals surface area (Å²) in [6.45, 7) is 12.8. The van der Waals surface area contributed by atoms with Gasteiger partial charge in [-0.3, -0.25) is 0 Å². The van der Waals surface area contributed by atoms with Crippen molar-refractivity contribution in [3.63, 3.8) is 0 Å². The minimum Gasteiger partial charge on any atom is -0.326 e. The molecule has 2 nitrogen and oxygen atoms in total. The molecule has 0 spiro atoms. The lowest BCUT2D eigenvalue weighted by Gasteiger charge is -2.39. The first-order chi connectivity index (χ1) is 5.07. The summed E-state index contributed by atoms with van der Waals surface area (Å²) in [5, 5.41) is 0. The van der Waals surface area contributed by atoms with E-state index in [1.54, 1.807) is 0 Å². The largest absolute Gasteiger partial charge is 0.326 e. The van der Waals surface area contributed by atoms with Gasteiger partial charge in [-0.05, 0) is 10.8 Å². The van der Waals surface area contributed by atoms with Crippen molar-refractivity contribution in [2.24, 2.45) is 22.3 Å². The third-order valence-corrected chi connectivity index (χ3v) is 2.39. The molecule has 0 aliphatic heterocycles. The molecule has 2 heteroatoms. The highest BCUT2D eigenvalue weighted by Gasteiger charge is 2.33. The maximum atomic E-state index is 6.06. The molecular formula is C10H24N2. The summed E-state index contributed by atoms with van der Waals surface area (Å²) in [6, 6.07) is 0.106. The first-order valence-electron chi connectivity index (χ1n) is 4.58. The molecule has 0 fully saturated rings. The van der Waals surface area contributed by atoms with Gasteiger partial charge in [0.25, 0.3) is 0 Å². The number of hydrogen-bond donors (Lipinski definition) is 2. The number of nitrogens with two attached hydrogens (primary N) is 2. The highest BCUT2D eigenvalue weighted by atomic mass is 14.8. The molecule has 12 heavy (non-hydrogen) atoms. The highest BCUT2D eigenvalue weighted by Crippen LogP contribution is 2.27. The predicted molar refractivity (Wildman–Crippen MR) is 54.9 cm³/mol. The van der Waals surface area contributed by atoms with Crippen LogP contribution in [0.15, 0.2) is 0 Å². The van der Waals surface area contributed by atoms with Crippen molar-refractivity contribution in [2.45, 2.75) is 53.6 Å². The Bertz CT molecular complexity index is 121. The van der Waals surface area contributed by atoms with Crippen LogP contribution in [0.2, 0.25) is 0 Å². The molecule has 0 radical (unpaired) electrons. The molecule has 2 atom stereocenters. The first kappa shape index (κ1) is 11.9. The Morgan fingerprint density at radius 2 is 0.833 bits per heavy atom. The fourth-order valence-corrected chi connectivity index (χ4v) is 1.08. The van der Waals surface area contributed by atoms with E-state index in [-0.39, 0.29) is 22.9 Å². The Kier molecular flexibility index (Phi) is 3.32. The van der Waals surface area contributed by atoms with Crippen LogP contribution in [-0.4, -0.2) is 12.1 Å². The zero-order valence-electron chi connectivity index (χ0n) is 9.31. The second kappa shape index (κ2) is 3.35. The third-order valence-electron chi connectivity index (χ3n) is 2.39. The van der Waals surface area contributed by atoms with Crippen LogP contribution in [0, 0.1) is 10.8 Å². The lowest BCUT2D eigenvalue weighted by atomic mass is 9.74. The third kappa shape index (κ3) is 3.11. The summed E-state index contributed by atoms with van der Waals surface area (Å²) in [4.78, 5) is 0. The molecule has 74 valence electrons. The van der Waals surface area contributed by atoms with Crippen LogP contribution in [0.5, 0.6) is 0 Å². The summed E-state index contributed by atoms with van der Waals surface area (Å²) in [7, 11) is 0. The average molecular weight is 172 g/mol. The summed E-state index contributed by atoms with van der Waals surface area (Å²) in [6.07, 6.45) is 0. The van der Waals surface area contributed by atoms with Crippen molar-refractivity contribution in [3.8, 4) is 0 Å². The van der Waals surface area contributed by atoms with Gasteiger partial charge >= 0.3 is 0 Å². The van der Waals surface area contributed by atoms with E-state index in [1.807, 2.05) is 0 Å². The van der Waals surface area contributed by atoms with Gasteiger partial charge in [-0.15, -0.1) is 0 Å². The molecule has 4 N–H and O–H groups in total. The van der Waals surface area contributed by atoms with Crippen molar-refractivity contribution >= 4 is 0 Å². The molecule has 0 unspecified atom stereocenters. The number of hydrogen-bond acceptors (Lipinski definition) is 2. The van der Waals surface area contributed by atoms with E-state index in [0.717, 1.165) is 0 Å². The summed E-state index contributed by atoms with van der Waals surface area (Å²) in [5.41, 5.74) is 12.3. The lowest BCUT2D eigenvalue weighted by Crippen LogP contribution is -2.55. The van der Waals surface area contributed by atoms with Crippen molar-refractivity contribution in [2.75, 3.05) is 0 Å². The first-order valence-corrected chi connectivity index (χ1v) is 4.58. The Morgan fingerprint density at radius 1 is 0.667 bits per heavy atom. The fraction of sp³-hybridized carbons (Fsp3) is 1.00. The van der Waals surface area contributed by atoms with Gasteiger partial charge in [0.1, 0.15) is 0 Å². The van der Waals surface area contributed by atoms with Crippen molar-refractivity contribution in [1.29, 1.82) is 0 Å². The molecule has 0 heterocycles. The molecule has 0 aromatic heterocycles. The van der Waals surface area contributed by atoms with Gasteiger partial charge < -0.3 is 11.5 Å². The highest BCUT2D eigenvalue weighted by molar-refractivity contribution is 4.92. The second-order valence-corrected chi connectivity index (χ2v) is 5.78. The topological polar surface area (TPSA) is 52.0 Å². The molecule has 0 bridgehead atoms. The van der Waals surface area contributed by atoms with Crippen LogP contribution in [0.4, 0.5) is 0 Å². The van der Waals surface area contributed by atoms with Gasteiger partial charge in [0.05, 0.1) is 0 Å². The van der Waals surface area contributed by atoms with Crippen LogP contribution in [-0.2, 0) is 0 Å². The van der Waals surface area contributed by atoms with Crippen LogP contribution in [0.1, 0.15) is 41.5 Å². The van der Waals surface area contributed by atoms with E-state index in [4.69, 9.17) is 11.5 Å². The Morgan fingerprint density at radius 3 is 0.917 bits per heavy atom. The van der Waals surface area contributed by atoms with E-state index >= 15 is 0 Å². The van der Waals surface area contributed by atoms with Crippen molar-refractivity contribution in [3.05, 3.63) is 0 Å². The fourth-order valence-electron chi connectivity index (χ4n) is 1.08. The van der Waals surface area contributed by atoms with Gasteiger partial charge in [-0.1, -0.05) is 41.5 Å². The zero-order valence-corrected chi connectivity index (χ0v) is 9.31. The molecule has 0 saturated carbocycles. The van der Waals surface area contributed by atoms with Gasteiger partial charge in [-0.25, -0.2) is 0 Å². The van der Waals surface area contributed by atoms with Crippen molar-refractivity contribution < 1.29 is 0 Å². The van der Waals surface area contributed by atoms with Crippen molar-refractivity contribution in [1.82, 2.24) is 0 Å². The molecule has 0 aliphatic rings. The van der Waals surface area contributed by atoms with Crippen LogP contribution < -0.4 is 11.5 Å². The minimum absolute atomic E-state index is 0.0532. The SMILES string of the molecule is CC(C)(C)[C@H](N)[C@H](N)C(C)(C)C. The predicted octanol–water partition coefficient (Wildman–Crippen LogP) is 1.73. The summed E-state index contributed by atoms with van der Waals surface area (Å²) >= 11 is 0. The standard InChI is InChI=1S/C10H24N2/c1-9(2,3)7(11)8(12)10(4,5)6/h7-8H,11-12H2,1-6H3/t7-,8+. The van der Waals surface area contributed by atoms with Gasteiger partial charge in [-0.2, -0.15) is 0 Å². The zero-order chi connectivity index (χ0) is 10.2. The quantitative estimate of drug-likeness (QED) is 0.633. The molecular weight excluding hydrogens is 148 g/mol. The molecule has 0 saturated heterocycles. The minimum atomic E-state index is 0.0532. The Balaban J connectivity index is 4.41. The van der Waals surface area contributed by atoms with Gasteiger partial charge in [0.2, 0.25) is 0 Å². The van der Waals surface area contributed by atoms with E-state index in [9.17, 15) is 0 Å². The monoisotopic (exact) mass is 172 g/mol. The van der Waals surface area contributed by atoms with E-state index in [2.05, 4.69) is 41.5 Å². The lowest BCUT2D eigenvalue weighted by molar-refractivity contribution is 0.192. The summed E-state index contributed by atoms with van der Waals surface area (Å²) in [5.74, 6) is 0. The Labute approximate surface area is 76.7 Å². The molecule has 0 rings (SSSR count). The van der Waals surface area contributed by atoms with Crippen LogP contribution in [0.25, 0.3) is 0 Å². The van der Waals surface area contributed by atoms with E-state index < -0.39 is 0 Å². The molecule has 0 amide bonds. The van der Waals surface area contributed by atoms with Crippen LogP contribution >= 0.6 is 0 Å². The maximum absolute atomic E-state index is 6.06. The average Bonchev–Trinajstić information content (AvgIpc) is 1.80. The molecule has 0 aliphatic carbocycles. The molecule has 0 aromatic carbocycles. The second-order valence-electron chi connectivity index (χ2n) is 5.78. The van der Waals surface area contributed by atoms with Gasteiger partial charge in [0, 0.05) is 12.1 Å². The normalized spacial score (nSPS) is 19.0. The smallest absolute Gasteiger partial charge is 0.0246 e. The molecule has 0 aromatic rings. The summed E-state index contributed by atoms with van der Waals surface area (Å²) < 4.78 is 0. The Hall–Kier alpha value is -0.0800. The van der Waals surface area contributed by atoms with Gasteiger partial charge in [0.15, 0.2) is 0 Å².